The third-order valence-electron chi connectivity index (χ3n) is 1.91. The number of amides is 1. The Labute approximate surface area is 88.9 Å². The number of phenols is 1. The molecule has 0 aromatic heterocycles. The Morgan fingerprint density at radius 2 is 2.33 bits per heavy atom. The van der Waals surface area contributed by atoms with Crippen molar-refractivity contribution in [3.63, 3.8) is 0 Å². The van der Waals surface area contributed by atoms with Crippen LogP contribution in [0, 0.1) is 0 Å². The molecule has 1 amide bonds. The molecule has 0 fully saturated rings. The van der Waals surface area contributed by atoms with E-state index in [-0.39, 0.29) is 11.7 Å². The highest BCUT2D eigenvalue weighted by Crippen LogP contribution is 2.17. The summed E-state index contributed by atoms with van der Waals surface area (Å²) in [6.45, 7) is 0.469. The number of hydrogen-bond acceptors (Lipinski definition) is 3. The SMILES string of the molecule is CNC(=O)CCCOc1cccc(O)c1. The van der Waals surface area contributed by atoms with Gasteiger partial charge in [-0.15, -0.1) is 0 Å². The number of nitrogens with one attached hydrogen (secondary N) is 1. The summed E-state index contributed by atoms with van der Waals surface area (Å²) in [5, 5.41) is 11.7. The maximum atomic E-state index is 10.9. The zero-order valence-corrected chi connectivity index (χ0v) is 8.69. The summed E-state index contributed by atoms with van der Waals surface area (Å²) < 4.78 is 5.34. The third kappa shape index (κ3) is 4.35. The topological polar surface area (TPSA) is 58.6 Å². The van der Waals surface area contributed by atoms with Crippen LogP contribution in [0.15, 0.2) is 24.3 Å². The summed E-state index contributed by atoms with van der Waals surface area (Å²) in [6, 6.07) is 6.60. The second kappa shape index (κ2) is 5.90. The zero-order chi connectivity index (χ0) is 11.1. The van der Waals surface area contributed by atoms with E-state index in [1.54, 1.807) is 31.3 Å². The van der Waals surface area contributed by atoms with Gasteiger partial charge in [0.25, 0.3) is 0 Å². The van der Waals surface area contributed by atoms with Crippen LogP contribution in [0.3, 0.4) is 0 Å². The van der Waals surface area contributed by atoms with E-state index in [9.17, 15) is 4.79 Å². The van der Waals surface area contributed by atoms with Crippen molar-refractivity contribution in [2.45, 2.75) is 12.8 Å². The molecule has 0 heterocycles. The van der Waals surface area contributed by atoms with Gasteiger partial charge in [0.1, 0.15) is 11.5 Å². The van der Waals surface area contributed by atoms with Crippen molar-refractivity contribution in [2.24, 2.45) is 0 Å². The highest BCUT2D eigenvalue weighted by Gasteiger charge is 1.98. The number of ether oxygens (including phenoxy) is 1. The van der Waals surface area contributed by atoms with Crippen LogP contribution in [0.2, 0.25) is 0 Å². The first kappa shape index (κ1) is 11.4. The smallest absolute Gasteiger partial charge is 0.219 e. The summed E-state index contributed by atoms with van der Waals surface area (Å²) in [5.74, 6) is 0.806. The Kier molecular flexibility index (Phi) is 4.47. The average molecular weight is 209 g/mol. The number of rotatable bonds is 5. The first-order valence-electron chi connectivity index (χ1n) is 4.85. The minimum absolute atomic E-state index is 0.00880. The van der Waals surface area contributed by atoms with Crippen molar-refractivity contribution in [3.05, 3.63) is 24.3 Å². The fourth-order valence-electron chi connectivity index (χ4n) is 1.12. The minimum Gasteiger partial charge on any atom is -0.508 e. The molecule has 0 aliphatic heterocycles. The van der Waals surface area contributed by atoms with Crippen molar-refractivity contribution in [2.75, 3.05) is 13.7 Å². The van der Waals surface area contributed by atoms with Crippen LogP contribution in [0.4, 0.5) is 0 Å². The van der Waals surface area contributed by atoms with Crippen LogP contribution < -0.4 is 10.1 Å². The lowest BCUT2D eigenvalue weighted by atomic mass is 10.3. The average Bonchev–Trinajstić information content (AvgIpc) is 2.24. The summed E-state index contributed by atoms with van der Waals surface area (Å²) in [6.07, 6.45) is 1.12. The molecule has 1 rings (SSSR count). The highest BCUT2D eigenvalue weighted by molar-refractivity contribution is 5.75. The quantitative estimate of drug-likeness (QED) is 0.718. The molecule has 4 heteroatoms. The number of benzene rings is 1. The van der Waals surface area contributed by atoms with Gasteiger partial charge in [-0.25, -0.2) is 0 Å². The van der Waals surface area contributed by atoms with E-state index in [1.165, 1.54) is 0 Å². The molecule has 1 aromatic carbocycles. The van der Waals surface area contributed by atoms with Gasteiger partial charge in [-0.2, -0.15) is 0 Å². The van der Waals surface area contributed by atoms with Crippen molar-refractivity contribution < 1.29 is 14.6 Å². The number of aromatic hydroxyl groups is 1. The monoisotopic (exact) mass is 209 g/mol. The number of phenolic OH excluding ortho intramolecular Hbond substituents is 1. The molecule has 82 valence electrons. The van der Waals surface area contributed by atoms with E-state index in [1.807, 2.05) is 0 Å². The second-order valence-electron chi connectivity index (χ2n) is 3.12. The van der Waals surface area contributed by atoms with Crippen molar-refractivity contribution in [1.82, 2.24) is 5.32 Å². The van der Waals surface area contributed by atoms with Crippen molar-refractivity contribution in [3.8, 4) is 11.5 Å². The Morgan fingerprint density at radius 1 is 1.53 bits per heavy atom. The van der Waals surface area contributed by atoms with E-state index < -0.39 is 0 Å². The lowest BCUT2D eigenvalue weighted by Crippen LogP contribution is -2.18. The molecule has 15 heavy (non-hydrogen) atoms. The fraction of sp³-hybridized carbons (Fsp3) is 0.364. The maximum absolute atomic E-state index is 10.9. The Morgan fingerprint density at radius 3 is 3.00 bits per heavy atom. The van der Waals surface area contributed by atoms with Gasteiger partial charge in [0.2, 0.25) is 5.91 Å². The highest BCUT2D eigenvalue weighted by atomic mass is 16.5. The summed E-state index contributed by atoms with van der Waals surface area (Å²) >= 11 is 0. The van der Waals surface area contributed by atoms with Gasteiger partial charge in [-0.05, 0) is 18.6 Å². The molecule has 0 aliphatic carbocycles. The van der Waals surface area contributed by atoms with Gasteiger partial charge in [-0.3, -0.25) is 4.79 Å². The number of carbonyl (C=O) groups is 1. The molecule has 1 aromatic rings. The van der Waals surface area contributed by atoms with Crippen LogP contribution in [-0.4, -0.2) is 24.7 Å². The van der Waals surface area contributed by atoms with Gasteiger partial charge in [-0.1, -0.05) is 6.07 Å². The molecule has 4 nitrogen and oxygen atoms in total. The summed E-state index contributed by atoms with van der Waals surface area (Å²) in [4.78, 5) is 10.9. The van der Waals surface area contributed by atoms with E-state index in [4.69, 9.17) is 9.84 Å². The van der Waals surface area contributed by atoms with Crippen LogP contribution in [0.5, 0.6) is 11.5 Å². The molecule has 0 saturated carbocycles. The largest absolute Gasteiger partial charge is 0.508 e. The molecule has 0 unspecified atom stereocenters. The van der Waals surface area contributed by atoms with Crippen molar-refractivity contribution >= 4 is 5.91 Å². The number of carbonyl (C=O) groups excluding carboxylic acids is 1. The van der Waals surface area contributed by atoms with E-state index in [2.05, 4.69) is 5.32 Å². The lowest BCUT2D eigenvalue weighted by molar-refractivity contribution is -0.120. The third-order valence-corrected chi connectivity index (χ3v) is 1.91. The van der Waals surface area contributed by atoms with Crippen LogP contribution >= 0.6 is 0 Å². The molecule has 2 N–H and O–H groups in total. The van der Waals surface area contributed by atoms with Crippen LogP contribution in [-0.2, 0) is 4.79 Å². The fourth-order valence-corrected chi connectivity index (χ4v) is 1.12. The molecular weight excluding hydrogens is 194 g/mol. The molecule has 0 radical (unpaired) electrons. The van der Waals surface area contributed by atoms with Gasteiger partial charge < -0.3 is 15.2 Å². The first-order valence-corrected chi connectivity index (χ1v) is 4.85. The van der Waals surface area contributed by atoms with Crippen molar-refractivity contribution in [1.29, 1.82) is 0 Å². The van der Waals surface area contributed by atoms with E-state index in [0.29, 0.717) is 25.2 Å². The number of hydrogen-bond donors (Lipinski definition) is 2. The molecule has 0 bridgehead atoms. The zero-order valence-electron chi connectivity index (χ0n) is 8.69. The molecule has 0 spiro atoms. The van der Waals surface area contributed by atoms with Gasteiger partial charge in [0, 0.05) is 19.5 Å². The first-order chi connectivity index (χ1) is 7.22. The molecule has 0 saturated heterocycles. The van der Waals surface area contributed by atoms with Crippen LogP contribution in [0.1, 0.15) is 12.8 Å². The Bertz CT molecular complexity index is 325. The predicted molar refractivity (Wildman–Crippen MR) is 56.9 cm³/mol. The van der Waals surface area contributed by atoms with E-state index in [0.717, 1.165) is 0 Å². The second-order valence-corrected chi connectivity index (χ2v) is 3.12. The minimum atomic E-state index is 0.00880. The van der Waals surface area contributed by atoms with Gasteiger partial charge in [0.15, 0.2) is 0 Å². The standard InChI is InChI=1S/C11H15NO3/c1-12-11(14)6-3-7-15-10-5-2-4-9(13)8-10/h2,4-5,8,13H,3,6-7H2,1H3,(H,12,14). The predicted octanol–water partition coefficient (Wildman–Crippen LogP) is 1.30. The van der Waals surface area contributed by atoms with Gasteiger partial charge in [0.05, 0.1) is 6.61 Å². The van der Waals surface area contributed by atoms with E-state index >= 15 is 0 Å². The molecule has 0 atom stereocenters. The maximum Gasteiger partial charge on any atom is 0.219 e. The molecule has 0 aliphatic rings. The summed E-state index contributed by atoms with van der Waals surface area (Å²) in [7, 11) is 1.61. The molecular formula is C11H15NO3. The van der Waals surface area contributed by atoms with Gasteiger partial charge >= 0.3 is 0 Å². The normalized spacial score (nSPS) is 9.67. The Balaban J connectivity index is 2.23. The lowest BCUT2D eigenvalue weighted by Gasteiger charge is -2.05. The Hall–Kier alpha value is -1.71. The summed E-state index contributed by atoms with van der Waals surface area (Å²) in [5.41, 5.74) is 0. The van der Waals surface area contributed by atoms with Crippen LogP contribution in [0.25, 0.3) is 0 Å².